The summed E-state index contributed by atoms with van der Waals surface area (Å²) in [5.41, 5.74) is 1.37. The van der Waals surface area contributed by atoms with Crippen LogP contribution in [-0.4, -0.2) is 42.7 Å². The zero-order valence-corrected chi connectivity index (χ0v) is 13.4. The van der Waals surface area contributed by atoms with E-state index in [1.165, 1.54) is 7.11 Å². The Morgan fingerprint density at radius 2 is 1.77 bits per heavy atom. The van der Waals surface area contributed by atoms with E-state index in [9.17, 15) is 14.4 Å². The standard InChI is InChI=1S/C15H21NO6/c1-6-10(13(17)20-5)22-15(19)12-8(3)11(9(4)16-12)14(18)21-7-2/h10,16H,6-7H2,1-5H3/t10-/m0/s1. The first-order valence-electron chi connectivity index (χ1n) is 7.02. The minimum absolute atomic E-state index is 0.128. The highest BCUT2D eigenvalue weighted by Crippen LogP contribution is 2.20. The normalized spacial score (nSPS) is 11.7. The summed E-state index contributed by atoms with van der Waals surface area (Å²) >= 11 is 0. The second-order valence-corrected chi connectivity index (χ2v) is 4.67. The molecular weight excluding hydrogens is 290 g/mol. The lowest BCUT2D eigenvalue weighted by molar-refractivity contribution is -0.151. The highest BCUT2D eigenvalue weighted by atomic mass is 16.6. The smallest absolute Gasteiger partial charge is 0.355 e. The molecule has 0 saturated heterocycles. The number of rotatable bonds is 6. The van der Waals surface area contributed by atoms with Gasteiger partial charge in [0, 0.05) is 5.69 Å². The van der Waals surface area contributed by atoms with Crippen molar-refractivity contribution in [3.05, 3.63) is 22.5 Å². The van der Waals surface area contributed by atoms with Crippen LogP contribution in [-0.2, 0) is 19.0 Å². The van der Waals surface area contributed by atoms with Crippen molar-refractivity contribution in [1.29, 1.82) is 0 Å². The number of carbonyl (C=O) groups is 3. The van der Waals surface area contributed by atoms with Gasteiger partial charge in [0.25, 0.3) is 0 Å². The van der Waals surface area contributed by atoms with E-state index in [4.69, 9.17) is 9.47 Å². The van der Waals surface area contributed by atoms with Gasteiger partial charge in [-0.05, 0) is 32.8 Å². The number of aromatic amines is 1. The van der Waals surface area contributed by atoms with Crippen LogP contribution in [0.4, 0.5) is 0 Å². The molecule has 0 fully saturated rings. The number of ether oxygens (including phenoxy) is 3. The molecule has 1 rings (SSSR count). The number of carbonyl (C=O) groups excluding carboxylic acids is 3. The molecule has 1 N–H and O–H groups in total. The summed E-state index contributed by atoms with van der Waals surface area (Å²) in [5.74, 6) is -1.84. The van der Waals surface area contributed by atoms with Crippen molar-refractivity contribution in [1.82, 2.24) is 4.98 Å². The molecule has 0 aliphatic heterocycles. The Morgan fingerprint density at radius 1 is 1.14 bits per heavy atom. The average molecular weight is 311 g/mol. The number of hydrogen-bond acceptors (Lipinski definition) is 6. The van der Waals surface area contributed by atoms with Gasteiger partial charge in [-0.1, -0.05) is 6.92 Å². The predicted molar refractivity (Wildman–Crippen MR) is 77.7 cm³/mol. The summed E-state index contributed by atoms with van der Waals surface area (Å²) in [4.78, 5) is 38.4. The number of aromatic nitrogens is 1. The van der Waals surface area contributed by atoms with Gasteiger partial charge in [0.15, 0.2) is 6.10 Å². The molecule has 0 aliphatic carbocycles. The van der Waals surface area contributed by atoms with Gasteiger partial charge in [-0.2, -0.15) is 0 Å². The lowest BCUT2D eigenvalue weighted by atomic mass is 10.1. The zero-order valence-electron chi connectivity index (χ0n) is 13.4. The largest absolute Gasteiger partial charge is 0.466 e. The molecule has 0 aromatic carbocycles. The first-order chi connectivity index (χ1) is 10.4. The Hall–Kier alpha value is -2.31. The molecule has 1 aromatic heterocycles. The zero-order chi connectivity index (χ0) is 16.9. The summed E-state index contributed by atoms with van der Waals surface area (Å²) < 4.78 is 14.7. The quantitative estimate of drug-likeness (QED) is 0.637. The van der Waals surface area contributed by atoms with Crippen LogP contribution in [0.2, 0.25) is 0 Å². The molecule has 7 heteroatoms. The number of nitrogens with one attached hydrogen (secondary N) is 1. The maximum atomic E-state index is 12.2. The predicted octanol–water partition coefficient (Wildman–Crippen LogP) is 1.92. The summed E-state index contributed by atoms with van der Waals surface area (Å²) in [7, 11) is 1.22. The second kappa shape index (κ2) is 7.63. The number of esters is 3. The summed E-state index contributed by atoms with van der Waals surface area (Å²) in [6.45, 7) is 6.92. The van der Waals surface area contributed by atoms with E-state index >= 15 is 0 Å². The average Bonchev–Trinajstić information content (AvgIpc) is 2.79. The molecule has 0 unspecified atom stereocenters. The summed E-state index contributed by atoms with van der Waals surface area (Å²) in [6, 6.07) is 0. The van der Waals surface area contributed by atoms with Crippen molar-refractivity contribution >= 4 is 17.9 Å². The summed E-state index contributed by atoms with van der Waals surface area (Å²) in [6.07, 6.45) is -0.687. The van der Waals surface area contributed by atoms with E-state index < -0.39 is 24.0 Å². The van der Waals surface area contributed by atoms with E-state index in [1.54, 1.807) is 27.7 Å². The molecule has 0 amide bonds. The third-order valence-electron chi connectivity index (χ3n) is 3.21. The fourth-order valence-corrected chi connectivity index (χ4v) is 2.08. The van der Waals surface area contributed by atoms with E-state index in [-0.39, 0.29) is 12.3 Å². The Morgan fingerprint density at radius 3 is 2.27 bits per heavy atom. The van der Waals surface area contributed by atoms with E-state index in [0.717, 1.165) is 0 Å². The topological polar surface area (TPSA) is 94.7 Å². The molecule has 7 nitrogen and oxygen atoms in total. The molecular formula is C15H21NO6. The molecule has 22 heavy (non-hydrogen) atoms. The first kappa shape index (κ1) is 17.7. The fourth-order valence-electron chi connectivity index (χ4n) is 2.08. The van der Waals surface area contributed by atoms with Crippen molar-refractivity contribution in [3.63, 3.8) is 0 Å². The van der Waals surface area contributed by atoms with Crippen LogP contribution in [0.25, 0.3) is 0 Å². The SMILES string of the molecule is CCOC(=O)c1c(C)[nH]c(C(=O)O[C@@H](CC)C(=O)OC)c1C. The molecule has 0 radical (unpaired) electrons. The van der Waals surface area contributed by atoms with E-state index in [1.807, 2.05) is 0 Å². The van der Waals surface area contributed by atoms with Crippen LogP contribution >= 0.6 is 0 Å². The van der Waals surface area contributed by atoms with Crippen LogP contribution in [0.3, 0.4) is 0 Å². The van der Waals surface area contributed by atoms with Crippen LogP contribution in [0, 0.1) is 13.8 Å². The van der Waals surface area contributed by atoms with Crippen molar-refractivity contribution in [2.24, 2.45) is 0 Å². The molecule has 0 bridgehead atoms. The lowest BCUT2D eigenvalue weighted by Gasteiger charge is -2.13. The van der Waals surface area contributed by atoms with Gasteiger partial charge in [-0.3, -0.25) is 0 Å². The maximum absolute atomic E-state index is 12.2. The van der Waals surface area contributed by atoms with Crippen molar-refractivity contribution in [2.45, 2.75) is 40.2 Å². The molecule has 0 aliphatic rings. The molecule has 1 aromatic rings. The van der Waals surface area contributed by atoms with Crippen molar-refractivity contribution in [2.75, 3.05) is 13.7 Å². The number of hydrogen-bond donors (Lipinski definition) is 1. The van der Waals surface area contributed by atoms with Gasteiger partial charge in [0.05, 0.1) is 19.3 Å². The maximum Gasteiger partial charge on any atom is 0.355 e. The molecule has 122 valence electrons. The third kappa shape index (κ3) is 3.66. The molecule has 1 heterocycles. The Labute approximate surface area is 128 Å². The van der Waals surface area contributed by atoms with Crippen molar-refractivity contribution in [3.8, 4) is 0 Å². The van der Waals surface area contributed by atoms with Gasteiger partial charge in [-0.25, -0.2) is 14.4 Å². The van der Waals surface area contributed by atoms with Crippen LogP contribution in [0.1, 0.15) is 52.4 Å². The van der Waals surface area contributed by atoms with Gasteiger partial charge < -0.3 is 19.2 Å². The number of methoxy groups -OCH3 is 1. The Balaban J connectivity index is 3.02. The van der Waals surface area contributed by atoms with Crippen molar-refractivity contribution < 1.29 is 28.6 Å². The fraction of sp³-hybridized carbons (Fsp3) is 0.533. The molecule has 0 spiro atoms. The Bertz CT molecular complexity index is 575. The van der Waals surface area contributed by atoms with E-state index in [2.05, 4.69) is 9.72 Å². The first-order valence-corrected chi connectivity index (χ1v) is 7.02. The highest BCUT2D eigenvalue weighted by molar-refractivity contribution is 5.99. The van der Waals surface area contributed by atoms with Gasteiger partial charge in [-0.15, -0.1) is 0 Å². The minimum atomic E-state index is -0.980. The number of aryl methyl sites for hydroxylation is 1. The van der Waals surface area contributed by atoms with Crippen LogP contribution in [0.15, 0.2) is 0 Å². The minimum Gasteiger partial charge on any atom is -0.466 e. The summed E-state index contributed by atoms with van der Waals surface area (Å²) in [5, 5.41) is 0. The monoisotopic (exact) mass is 311 g/mol. The van der Waals surface area contributed by atoms with Gasteiger partial charge in [0.2, 0.25) is 0 Å². The number of H-pyrrole nitrogens is 1. The second-order valence-electron chi connectivity index (χ2n) is 4.67. The lowest BCUT2D eigenvalue weighted by Crippen LogP contribution is -2.28. The Kier molecular flexibility index (Phi) is 6.15. The molecule has 0 saturated carbocycles. The van der Waals surface area contributed by atoms with Gasteiger partial charge >= 0.3 is 17.9 Å². The van der Waals surface area contributed by atoms with Crippen LogP contribution < -0.4 is 0 Å². The highest BCUT2D eigenvalue weighted by Gasteiger charge is 2.27. The van der Waals surface area contributed by atoms with Crippen LogP contribution in [0.5, 0.6) is 0 Å². The molecule has 1 atom stereocenters. The van der Waals surface area contributed by atoms with Gasteiger partial charge in [0.1, 0.15) is 5.69 Å². The van der Waals surface area contributed by atoms with E-state index in [0.29, 0.717) is 23.2 Å². The third-order valence-corrected chi connectivity index (χ3v) is 3.21.